The van der Waals surface area contributed by atoms with Crippen LogP contribution in [0.25, 0.3) is 0 Å². The molecule has 0 aliphatic carbocycles. The van der Waals surface area contributed by atoms with Gasteiger partial charge in [-0.2, -0.15) is 0 Å². The molecule has 0 N–H and O–H groups in total. The third-order valence-corrected chi connectivity index (χ3v) is 4.38. The van der Waals surface area contributed by atoms with E-state index in [1.807, 2.05) is 23.1 Å². The number of carbonyl (C=O) groups is 1. The number of amides is 1. The molecule has 2 saturated heterocycles. The van der Waals surface area contributed by atoms with Crippen LogP contribution in [0.1, 0.15) is 30.7 Å². The first-order chi connectivity index (χ1) is 10.3. The lowest BCUT2D eigenvalue weighted by Crippen LogP contribution is -2.25. The summed E-state index contributed by atoms with van der Waals surface area (Å²) in [7, 11) is 0. The van der Waals surface area contributed by atoms with Gasteiger partial charge in [-0.1, -0.05) is 42.2 Å². The SMILES string of the molecule is O=C1CC(c2ccccc2)CN1CC#CCN1CCCC1. The molecule has 1 aromatic rings. The predicted molar refractivity (Wildman–Crippen MR) is 83.8 cm³/mol. The maximum atomic E-state index is 12.1. The van der Waals surface area contributed by atoms with Crippen LogP contribution in [-0.2, 0) is 4.79 Å². The molecule has 0 saturated carbocycles. The Kier molecular flexibility index (Phi) is 4.57. The third kappa shape index (κ3) is 3.65. The van der Waals surface area contributed by atoms with Crippen LogP contribution < -0.4 is 0 Å². The zero-order valence-electron chi connectivity index (χ0n) is 12.4. The van der Waals surface area contributed by atoms with Crippen LogP contribution in [0.4, 0.5) is 0 Å². The molecule has 21 heavy (non-hydrogen) atoms. The highest BCUT2D eigenvalue weighted by Crippen LogP contribution is 2.27. The Morgan fingerprint density at radius 3 is 2.52 bits per heavy atom. The van der Waals surface area contributed by atoms with Gasteiger partial charge >= 0.3 is 0 Å². The molecule has 3 nitrogen and oxygen atoms in total. The van der Waals surface area contributed by atoms with Gasteiger partial charge in [0.15, 0.2) is 0 Å². The second kappa shape index (κ2) is 6.78. The topological polar surface area (TPSA) is 23.6 Å². The minimum absolute atomic E-state index is 0.235. The van der Waals surface area contributed by atoms with E-state index in [9.17, 15) is 4.79 Å². The average molecular weight is 282 g/mol. The third-order valence-electron chi connectivity index (χ3n) is 4.38. The molecular weight excluding hydrogens is 260 g/mol. The molecule has 1 unspecified atom stereocenters. The smallest absolute Gasteiger partial charge is 0.224 e. The fourth-order valence-corrected chi connectivity index (χ4v) is 3.13. The van der Waals surface area contributed by atoms with Crippen molar-refractivity contribution >= 4 is 5.91 Å². The van der Waals surface area contributed by atoms with Gasteiger partial charge in [-0.05, 0) is 31.5 Å². The highest BCUT2D eigenvalue weighted by Gasteiger charge is 2.29. The van der Waals surface area contributed by atoms with E-state index in [2.05, 4.69) is 28.9 Å². The van der Waals surface area contributed by atoms with Crippen LogP contribution in [0.15, 0.2) is 30.3 Å². The zero-order chi connectivity index (χ0) is 14.5. The molecule has 1 atom stereocenters. The number of hydrogen-bond acceptors (Lipinski definition) is 2. The lowest BCUT2D eigenvalue weighted by Gasteiger charge is -2.13. The Labute approximate surface area is 126 Å². The van der Waals surface area contributed by atoms with Crippen molar-refractivity contribution in [3.8, 4) is 11.8 Å². The number of carbonyl (C=O) groups excluding carboxylic acids is 1. The molecule has 110 valence electrons. The average Bonchev–Trinajstić information content (AvgIpc) is 3.15. The summed E-state index contributed by atoms with van der Waals surface area (Å²) in [6, 6.07) is 10.3. The molecular formula is C18H22N2O. The molecule has 1 amide bonds. The summed E-state index contributed by atoms with van der Waals surface area (Å²) in [6.45, 7) is 4.59. The molecule has 2 aliphatic rings. The Morgan fingerprint density at radius 1 is 1.05 bits per heavy atom. The molecule has 0 spiro atoms. The van der Waals surface area contributed by atoms with Gasteiger partial charge in [0.2, 0.25) is 5.91 Å². The van der Waals surface area contributed by atoms with Crippen molar-refractivity contribution in [2.45, 2.75) is 25.2 Å². The maximum Gasteiger partial charge on any atom is 0.224 e. The lowest BCUT2D eigenvalue weighted by atomic mass is 9.99. The van der Waals surface area contributed by atoms with E-state index in [1.54, 1.807) is 0 Å². The van der Waals surface area contributed by atoms with Gasteiger partial charge in [0.25, 0.3) is 0 Å². The Morgan fingerprint density at radius 2 is 1.76 bits per heavy atom. The Balaban J connectivity index is 1.50. The van der Waals surface area contributed by atoms with E-state index in [0.717, 1.165) is 13.1 Å². The number of benzene rings is 1. The monoisotopic (exact) mass is 282 g/mol. The number of hydrogen-bond donors (Lipinski definition) is 0. The fourth-order valence-electron chi connectivity index (χ4n) is 3.13. The minimum Gasteiger partial charge on any atom is -0.331 e. The summed E-state index contributed by atoms with van der Waals surface area (Å²) in [5.74, 6) is 6.95. The van der Waals surface area contributed by atoms with E-state index in [0.29, 0.717) is 18.9 Å². The summed E-state index contributed by atoms with van der Waals surface area (Å²) in [5.41, 5.74) is 1.26. The van der Waals surface area contributed by atoms with Gasteiger partial charge in [0.05, 0.1) is 13.1 Å². The van der Waals surface area contributed by atoms with Gasteiger partial charge in [-0.25, -0.2) is 0 Å². The zero-order valence-corrected chi connectivity index (χ0v) is 12.4. The minimum atomic E-state index is 0.235. The molecule has 0 bridgehead atoms. The predicted octanol–water partition coefficient (Wildman–Crippen LogP) is 2.10. The summed E-state index contributed by atoms with van der Waals surface area (Å²) >= 11 is 0. The molecule has 2 heterocycles. The summed E-state index contributed by atoms with van der Waals surface area (Å²) in [5, 5.41) is 0. The molecule has 0 radical (unpaired) electrons. The van der Waals surface area contributed by atoms with Crippen molar-refractivity contribution in [3.63, 3.8) is 0 Å². The van der Waals surface area contributed by atoms with Crippen molar-refractivity contribution in [1.82, 2.24) is 9.80 Å². The largest absolute Gasteiger partial charge is 0.331 e. The van der Waals surface area contributed by atoms with E-state index >= 15 is 0 Å². The standard InChI is InChI=1S/C18H22N2O/c21-18-14-17(16-8-2-1-3-9-16)15-20(18)13-7-6-12-19-10-4-5-11-19/h1-3,8-9,17H,4-5,10-15H2. The lowest BCUT2D eigenvalue weighted by molar-refractivity contribution is -0.127. The molecule has 1 aromatic carbocycles. The van der Waals surface area contributed by atoms with E-state index in [-0.39, 0.29) is 5.91 Å². The Bertz CT molecular complexity index is 537. The van der Waals surface area contributed by atoms with E-state index in [1.165, 1.54) is 31.5 Å². The van der Waals surface area contributed by atoms with Crippen LogP contribution in [-0.4, -0.2) is 48.4 Å². The van der Waals surface area contributed by atoms with Crippen molar-refractivity contribution in [2.24, 2.45) is 0 Å². The summed E-state index contributed by atoms with van der Waals surface area (Å²) in [4.78, 5) is 16.3. The first-order valence-electron chi connectivity index (χ1n) is 7.84. The van der Waals surface area contributed by atoms with Crippen molar-refractivity contribution < 1.29 is 4.79 Å². The van der Waals surface area contributed by atoms with Gasteiger partial charge in [-0.15, -0.1) is 0 Å². The van der Waals surface area contributed by atoms with Gasteiger partial charge < -0.3 is 4.90 Å². The fraction of sp³-hybridized carbons (Fsp3) is 0.500. The normalized spacial score (nSPS) is 22.4. The number of rotatable bonds is 3. The highest BCUT2D eigenvalue weighted by atomic mass is 16.2. The van der Waals surface area contributed by atoms with E-state index < -0.39 is 0 Å². The second-order valence-corrected chi connectivity index (χ2v) is 5.92. The van der Waals surface area contributed by atoms with Crippen LogP contribution in [0.2, 0.25) is 0 Å². The quantitative estimate of drug-likeness (QED) is 0.793. The highest BCUT2D eigenvalue weighted by molar-refractivity contribution is 5.80. The van der Waals surface area contributed by atoms with Crippen LogP contribution in [0.3, 0.4) is 0 Å². The molecule has 2 fully saturated rings. The molecule has 0 aromatic heterocycles. The summed E-state index contributed by atoms with van der Waals surface area (Å²) < 4.78 is 0. The van der Waals surface area contributed by atoms with Crippen molar-refractivity contribution in [1.29, 1.82) is 0 Å². The van der Waals surface area contributed by atoms with E-state index in [4.69, 9.17) is 0 Å². The molecule has 3 rings (SSSR count). The van der Waals surface area contributed by atoms with Crippen LogP contribution >= 0.6 is 0 Å². The number of likely N-dealkylation sites (tertiary alicyclic amines) is 2. The van der Waals surface area contributed by atoms with Gasteiger partial charge in [-0.3, -0.25) is 9.69 Å². The van der Waals surface area contributed by atoms with Gasteiger partial charge in [0, 0.05) is 18.9 Å². The second-order valence-electron chi connectivity index (χ2n) is 5.92. The van der Waals surface area contributed by atoms with Crippen LogP contribution in [0, 0.1) is 11.8 Å². The van der Waals surface area contributed by atoms with Crippen molar-refractivity contribution in [3.05, 3.63) is 35.9 Å². The van der Waals surface area contributed by atoms with Crippen LogP contribution in [0.5, 0.6) is 0 Å². The van der Waals surface area contributed by atoms with Crippen molar-refractivity contribution in [2.75, 3.05) is 32.7 Å². The van der Waals surface area contributed by atoms with Gasteiger partial charge in [0.1, 0.15) is 0 Å². The first-order valence-corrected chi connectivity index (χ1v) is 7.84. The maximum absolute atomic E-state index is 12.1. The number of nitrogens with zero attached hydrogens (tertiary/aromatic N) is 2. The Hall–Kier alpha value is -1.79. The first kappa shape index (κ1) is 14.2. The molecule has 2 aliphatic heterocycles. The molecule has 3 heteroatoms. The summed E-state index contributed by atoms with van der Waals surface area (Å²) in [6.07, 6.45) is 3.22.